The number of amides is 2. The molecule has 0 unspecified atom stereocenters. The lowest BCUT2D eigenvalue weighted by molar-refractivity contribution is -0.141. The molecule has 0 radical (unpaired) electrons. The van der Waals surface area contributed by atoms with Crippen LogP contribution in [-0.2, 0) is 9.59 Å². The summed E-state index contributed by atoms with van der Waals surface area (Å²) in [5.41, 5.74) is 0.407. The molecule has 0 bridgehead atoms. The molecule has 7 heteroatoms. The van der Waals surface area contributed by atoms with Gasteiger partial charge < -0.3 is 15.7 Å². The number of hydrogen-bond donors (Lipinski definition) is 3. The molecule has 1 aromatic carbocycles. The predicted octanol–water partition coefficient (Wildman–Crippen LogP) is 0.290. The van der Waals surface area contributed by atoms with Crippen LogP contribution in [0, 0.1) is 11.3 Å². The van der Waals surface area contributed by atoms with Crippen molar-refractivity contribution in [2.75, 3.05) is 6.54 Å². The molecule has 0 aliphatic heterocycles. The number of rotatable bonds is 7. The lowest BCUT2D eigenvalue weighted by Crippen LogP contribution is -2.45. The summed E-state index contributed by atoms with van der Waals surface area (Å²) >= 11 is 0. The number of nitriles is 1. The summed E-state index contributed by atoms with van der Waals surface area (Å²) in [5, 5.41) is 22.0. The highest BCUT2D eigenvalue weighted by Crippen LogP contribution is 1.98. The first kappa shape index (κ1) is 16.2. The van der Waals surface area contributed by atoms with Crippen molar-refractivity contribution >= 4 is 17.8 Å². The van der Waals surface area contributed by atoms with E-state index in [0.29, 0.717) is 5.56 Å². The summed E-state index contributed by atoms with van der Waals surface area (Å²) in [6, 6.07) is 9.02. The van der Waals surface area contributed by atoms with Crippen molar-refractivity contribution in [1.82, 2.24) is 10.6 Å². The Labute approximate surface area is 121 Å². The van der Waals surface area contributed by atoms with Crippen LogP contribution >= 0.6 is 0 Å². The summed E-state index contributed by atoms with van der Waals surface area (Å²) in [6.45, 7) is -0.329. The second-order valence-corrected chi connectivity index (χ2v) is 4.20. The van der Waals surface area contributed by atoms with Crippen LogP contribution in [-0.4, -0.2) is 35.5 Å². The van der Waals surface area contributed by atoms with Crippen LogP contribution < -0.4 is 10.6 Å². The van der Waals surface area contributed by atoms with Gasteiger partial charge in [-0.1, -0.05) is 18.2 Å². The van der Waals surface area contributed by atoms with Gasteiger partial charge in [0.05, 0.1) is 12.6 Å². The van der Waals surface area contributed by atoms with Gasteiger partial charge in [0.25, 0.3) is 5.91 Å². The maximum atomic E-state index is 11.7. The molecule has 3 N–H and O–H groups in total. The molecule has 0 saturated carbocycles. The highest BCUT2D eigenvalue weighted by molar-refractivity contribution is 5.96. The molecule has 1 rings (SSSR count). The summed E-state index contributed by atoms with van der Waals surface area (Å²) in [5.74, 6) is -2.26. The Hall–Kier alpha value is -2.88. The van der Waals surface area contributed by atoms with Crippen molar-refractivity contribution in [3.8, 4) is 6.07 Å². The Morgan fingerprint density at radius 1 is 1.24 bits per heavy atom. The molecular formula is C14H15N3O4. The van der Waals surface area contributed by atoms with Gasteiger partial charge in [0.15, 0.2) is 0 Å². The predicted molar refractivity (Wildman–Crippen MR) is 73.2 cm³/mol. The molecule has 0 fully saturated rings. The third-order valence-corrected chi connectivity index (χ3v) is 2.62. The van der Waals surface area contributed by atoms with Gasteiger partial charge in [0.2, 0.25) is 5.91 Å². The molecule has 0 aliphatic carbocycles. The van der Waals surface area contributed by atoms with Gasteiger partial charge in [-0.15, -0.1) is 0 Å². The van der Waals surface area contributed by atoms with Gasteiger partial charge >= 0.3 is 5.97 Å². The fourth-order valence-electron chi connectivity index (χ4n) is 1.56. The molecule has 1 atom stereocenters. The van der Waals surface area contributed by atoms with Gasteiger partial charge in [-0.3, -0.25) is 9.59 Å². The molecule has 0 aromatic heterocycles. The lowest BCUT2D eigenvalue weighted by Gasteiger charge is -2.13. The first-order valence-corrected chi connectivity index (χ1v) is 6.27. The zero-order valence-corrected chi connectivity index (χ0v) is 11.2. The van der Waals surface area contributed by atoms with E-state index >= 15 is 0 Å². The Morgan fingerprint density at radius 2 is 1.90 bits per heavy atom. The SMILES string of the molecule is N#CCC[C@H](NC(=O)CNC(=O)c1ccccc1)C(=O)O. The van der Waals surface area contributed by atoms with E-state index in [1.165, 1.54) is 0 Å². The third-order valence-electron chi connectivity index (χ3n) is 2.62. The van der Waals surface area contributed by atoms with E-state index in [9.17, 15) is 14.4 Å². The number of carboxylic acids is 1. The number of hydrogen-bond acceptors (Lipinski definition) is 4. The van der Waals surface area contributed by atoms with Gasteiger partial charge in [-0.2, -0.15) is 5.26 Å². The number of nitrogens with one attached hydrogen (secondary N) is 2. The minimum atomic E-state index is -1.21. The van der Waals surface area contributed by atoms with Crippen molar-refractivity contribution in [3.63, 3.8) is 0 Å². The number of aliphatic carboxylic acids is 1. The average molecular weight is 289 g/mol. The normalized spacial score (nSPS) is 11.0. The summed E-state index contributed by atoms with van der Waals surface area (Å²) in [7, 11) is 0. The van der Waals surface area contributed by atoms with E-state index in [1.807, 2.05) is 6.07 Å². The summed E-state index contributed by atoms with van der Waals surface area (Å²) in [6.07, 6.45) is 0.0395. The van der Waals surface area contributed by atoms with Gasteiger partial charge in [-0.05, 0) is 18.6 Å². The van der Waals surface area contributed by atoms with Crippen molar-refractivity contribution in [1.29, 1.82) is 5.26 Å². The third kappa shape index (κ3) is 5.74. The molecular weight excluding hydrogens is 274 g/mol. The quantitative estimate of drug-likeness (QED) is 0.666. The fraction of sp³-hybridized carbons (Fsp3) is 0.286. The number of carbonyl (C=O) groups is 3. The fourth-order valence-corrected chi connectivity index (χ4v) is 1.56. The van der Waals surface area contributed by atoms with Crippen LogP contribution in [0.1, 0.15) is 23.2 Å². The maximum Gasteiger partial charge on any atom is 0.326 e. The van der Waals surface area contributed by atoms with Crippen molar-refractivity contribution in [2.24, 2.45) is 0 Å². The van der Waals surface area contributed by atoms with Crippen molar-refractivity contribution in [3.05, 3.63) is 35.9 Å². The van der Waals surface area contributed by atoms with Gasteiger partial charge in [-0.25, -0.2) is 4.79 Å². The second-order valence-electron chi connectivity index (χ2n) is 4.20. The molecule has 0 aliphatic rings. The molecule has 0 heterocycles. The maximum absolute atomic E-state index is 11.7. The van der Waals surface area contributed by atoms with Gasteiger partial charge in [0, 0.05) is 12.0 Å². The Morgan fingerprint density at radius 3 is 2.48 bits per heavy atom. The molecule has 0 spiro atoms. The molecule has 21 heavy (non-hydrogen) atoms. The standard InChI is InChI=1S/C14H15N3O4/c15-8-4-7-11(14(20)21)17-12(18)9-16-13(19)10-5-2-1-3-6-10/h1-3,5-6,11H,4,7,9H2,(H,16,19)(H,17,18)(H,20,21)/t11-/m0/s1. The van der Waals surface area contributed by atoms with Crippen molar-refractivity contribution < 1.29 is 19.5 Å². The largest absolute Gasteiger partial charge is 0.480 e. The van der Waals surface area contributed by atoms with E-state index < -0.39 is 23.8 Å². The molecule has 1 aromatic rings. The van der Waals surface area contributed by atoms with Crippen LogP contribution in [0.3, 0.4) is 0 Å². The number of carbonyl (C=O) groups excluding carboxylic acids is 2. The highest BCUT2D eigenvalue weighted by Gasteiger charge is 2.19. The summed E-state index contributed by atoms with van der Waals surface area (Å²) < 4.78 is 0. The molecule has 2 amide bonds. The zero-order chi connectivity index (χ0) is 15.7. The van der Waals surface area contributed by atoms with Crippen LogP contribution in [0.2, 0.25) is 0 Å². The van der Waals surface area contributed by atoms with E-state index in [-0.39, 0.29) is 19.4 Å². The van der Waals surface area contributed by atoms with Gasteiger partial charge in [0.1, 0.15) is 6.04 Å². The molecule has 7 nitrogen and oxygen atoms in total. The first-order chi connectivity index (χ1) is 10.0. The Bertz CT molecular complexity index is 551. The van der Waals surface area contributed by atoms with E-state index in [0.717, 1.165) is 0 Å². The summed E-state index contributed by atoms with van der Waals surface area (Å²) in [4.78, 5) is 34.2. The Kier molecular flexibility index (Phi) is 6.41. The number of nitrogens with zero attached hydrogens (tertiary/aromatic N) is 1. The number of carboxylic acid groups (broad SMARTS) is 1. The smallest absolute Gasteiger partial charge is 0.326 e. The first-order valence-electron chi connectivity index (χ1n) is 6.27. The lowest BCUT2D eigenvalue weighted by atomic mass is 10.1. The van der Waals surface area contributed by atoms with E-state index in [4.69, 9.17) is 10.4 Å². The van der Waals surface area contributed by atoms with Crippen molar-refractivity contribution in [2.45, 2.75) is 18.9 Å². The minimum Gasteiger partial charge on any atom is -0.480 e. The van der Waals surface area contributed by atoms with E-state index in [2.05, 4.69) is 10.6 Å². The van der Waals surface area contributed by atoms with Crippen LogP contribution in [0.25, 0.3) is 0 Å². The zero-order valence-electron chi connectivity index (χ0n) is 11.2. The van der Waals surface area contributed by atoms with Crippen LogP contribution in [0.4, 0.5) is 0 Å². The number of benzene rings is 1. The second kappa shape index (κ2) is 8.32. The topological polar surface area (TPSA) is 119 Å². The minimum absolute atomic E-state index is 0.0181. The Balaban J connectivity index is 2.44. The molecule has 0 saturated heterocycles. The monoisotopic (exact) mass is 289 g/mol. The molecule has 110 valence electrons. The van der Waals surface area contributed by atoms with Crippen LogP contribution in [0.5, 0.6) is 0 Å². The van der Waals surface area contributed by atoms with Crippen LogP contribution in [0.15, 0.2) is 30.3 Å². The van der Waals surface area contributed by atoms with E-state index in [1.54, 1.807) is 30.3 Å². The highest BCUT2D eigenvalue weighted by atomic mass is 16.4. The average Bonchev–Trinajstić information content (AvgIpc) is 2.49.